The van der Waals surface area contributed by atoms with Crippen molar-refractivity contribution >= 4 is 5.69 Å². The van der Waals surface area contributed by atoms with Crippen LogP contribution in [0.4, 0.5) is 5.69 Å². The van der Waals surface area contributed by atoms with E-state index in [1.165, 1.54) is 30.6 Å². The lowest BCUT2D eigenvalue weighted by Gasteiger charge is -2.35. The van der Waals surface area contributed by atoms with Crippen LogP contribution in [0.5, 0.6) is 0 Å². The Morgan fingerprint density at radius 2 is 2.31 bits per heavy atom. The number of hydrogen-bond acceptors (Lipinski definition) is 2. The molecule has 0 aromatic heterocycles. The quantitative estimate of drug-likeness (QED) is 0.839. The normalized spacial score (nSPS) is 20.8. The molecule has 0 saturated carbocycles. The summed E-state index contributed by atoms with van der Waals surface area (Å²) in [5.41, 5.74) is 2.72. The molecule has 88 valence electrons. The Morgan fingerprint density at radius 1 is 1.44 bits per heavy atom. The third-order valence-corrected chi connectivity index (χ3v) is 3.39. The second-order valence-electron chi connectivity index (χ2n) is 4.63. The first-order valence-corrected chi connectivity index (χ1v) is 6.35. The molecule has 1 saturated heterocycles. The SMILES string of the molecule is CCN(c1cccc(C)c1)C1CCCNC1. The van der Waals surface area contributed by atoms with Crippen LogP contribution in [0.2, 0.25) is 0 Å². The van der Waals surface area contributed by atoms with Gasteiger partial charge in [0.2, 0.25) is 0 Å². The van der Waals surface area contributed by atoms with Crippen molar-refractivity contribution in [1.82, 2.24) is 5.32 Å². The maximum Gasteiger partial charge on any atom is 0.0414 e. The first-order valence-electron chi connectivity index (χ1n) is 6.35. The Bertz CT molecular complexity index is 329. The van der Waals surface area contributed by atoms with E-state index < -0.39 is 0 Å². The van der Waals surface area contributed by atoms with Gasteiger partial charge in [0.1, 0.15) is 0 Å². The molecule has 1 aromatic rings. The van der Waals surface area contributed by atoms with Crippen molar-refractivity contribution in [3.8, 4) is 0 Å². The number of anilines is 1. The summed E-state index contributed by atoms with van der Waals surface area (Å²) in [5, 5.41) is 3.49. The van der Waals surface area contributed by atoms with Crippen molar-refractivity contribution in [3.63, 3.8) is 0 Å². The largest absolute Gasteiger partial charge is 0.368 e. The zero-order valence-electron chi connectivity index (χ0n) is 10.4. The molecule has 0 aliphatic carbocycles. The third kappa shape index (κ3) is 2.56. The van der Waals surface area contributed by atoms with E-state index in [1.54, 1.807) is 0 Å². The summed E-state index contributed by atoms with van der Waals surface area (Å²) in [7, 11) is 0. The Labute approximate surface area is 98.7 Å². The molecule has 1 unspecified atom stereocenters. The van der Waals surface area contributed by atoms with Crippen LogP contribution in [0.15, 0.2) is 24.3 Å². The summed E-state index contributed by atoms with van der Waals surface area (Å²) in [5.74, 6) is 0. The van der Waals surface area contributed by atoms with Crippen LogP contribution in [0.3, 0.4) is 0 Å². The van der Waals surface area contributed by atoms with Gasteiger partial charge >= 0.3 is 0 Å². The van der Waals surface area contributed by atoms with Gasteiger partial charge in [-0.05, 0) is 50.9 Å². The molecular weight excluding hydrogens is 196 g/mol. The van der Waals surface area contributed by atoms with E-state index in [9.17, 15) is 0 Å². The van der Waals surface area contributed by atoms with Gasteiger partial charge in [-0.3, -0.25) is 0 Å². The summed E-state index contributed by atoms with van der Waals surface area (Å²) in [6, 6.07) is 9.50. The zero-order valence-corrected chi connectivity index (χ0v) is 10.4. The number of piperidine rings is 1. The monoisotopic (exact) mass is 218 g/mol. The first-order chi connectivity index (χ1) is 7.81. The third-order valence-electron chi connectivity index (χ3n) is 3.39. The highest BCUT2D eigenvalue weighted by Gasteiger charge is 2.19. The van der Waals surface area contributed by atoms with Crippen molar-refractivity contribution in [2.45, 2.75) is 32.7 Å². The summed E-state index contributed by atoms with van der Waals surface area (Å²) in [6.07, 6.45) is 2.61. The molecule has 1 aliphatic rings. The van der Waals surface area contributed by atoms with Crippen molar-refractivity contribution < 1.29 is 0 Å². The maximum atomic E-state index is 3.49. The summed E-state index contributed by atoms with van der Waals surface area (Å²) in [4.78, 5) is 2.53. The van der Waals surface area contributed by atoms with Gasteiger partial charge in [0.25, 0.3) is 0 Å². The lowest BCUT2D eigenvalue weighted by Crippen LogP contribution is -2.46. The predicted octanol–water partition coefficient (Wildman–Crippen LogP) is 2.57. The van der Waals surface area contributed by atoms with Gasteiger partial charge in [-0.15, -0.1) is 0 Å². The van der Waals surface area contributed by atoms with E-state index in [4.69, 9.17) is 0 Å². The Kier molecular flexibility index (Phi) is 3.83. The van der Waals surface area contributed by atoms with Crippen molar-refractivity contribution in [1.29, 1.82) is 0 Å². The number of nitrogens with one attached hydrogen (secondary N) is 1. The second-order valence-corrected chi connectivity index (χ2v) is 4.63. The molecule has 2 rings (SSSR count). The van der Waals surface area contributed by atoms with Gasteiger partial charge < -0.3 is 10.2 Å². The van der Waals surface area contributed by atoms with E-state index in [0.29, 0.717) is 6.04 Å². The number of aryl methyl sites for hydroxylation is 1. The fraction of sp³-hybridized carbons (Fsp3) is 0.571. The van der Waals surface area contributed by atoms with Crippen LogP contribution in [0.1, 0.15) is 25.3 Å². The molecule has 16 heavy (non-hydrogen) atoms. The van der Waals surface area contributed by atoms with Crippen LogP contribution in [-0.4, -0.2) is 25.7 Å². The average Bonchev–Trinajstić information content (AvgIpc) is 2.31. The summed E-state index contributed by atoms with van der Waals surface area (Å²) < 4.78 is 0. The smallest absolute Gasteiger partial charge is 0.0414 e. The standard InChI is InChI=1S/C14H22N2/c1-3-16(14-8-5-9-15-11-14)13-7-4-6-12(2)10-13/h4,6-7,10,14-15H,3,5,8-9,11H2,1-2H3. The van der Waals surface area contributed by atoms with Gasteiger partial charge in [0.05, 0.1) is 0 Å². The summed E-state index contributed by atoms with van der Waals surface area (Å²) in [6.45, 7) is 7.81. The first kappa shape index (κ1) is 11.5. The molecule has 2 nitrogen and oxygen atoms in total. The van der Waals surface area contributed by atoms with E-state index >= 15 is 0 Å². The minimum atomic E-state index is 0.667. The van der Waals surface area contributed by atoms with Crippen LogP contribution < -0.4 is 10.2 Å². The van der Waals surface area contributed by atoms with E-state index in [1.807, 2.05) is 0 Å². The van der Waals surface area contributed by atoms with E-state index in [-0.39, 0.29) is 0 Å². The Morgan fingerprint density at radius 3 is 2.94 bits per heavy atom. The molecule has 1 aliphatic heterocycles. The molecule has 0 radical (unpaired) electrons. The molecule has 1 atom stereocenters. The number of rotatable bonds is 3. The minimum Gasteiger partial charge on any atom is -0.368 e. The number of benzene rings is 1. The van der Waals surface area contributed by atoms with Gasteiger partial charge in [-0.1, -0.05) is 12.1 Å². The Hall–Kier alpha value is -1.02. The van der Waals surface area contributed by atoms with Crippen LogP contribution in [0, 0.1) is 6.92 Å². The molecule has 1 N–H and O–H groups in total. The average molecular weight is 218 g/mol. The van der Waals surface area contributed by atoms with E-state index in [0.717, 1.165) is 13.1 Å². The van der Waals surface area contributed by atoms with Crippen molar-refractivity contribution in [3.05, 3.63) is 29.8 Å². The highest BCUT2D eigenvalue weighted by atomic mass is 15.2. The van der Waals surface area contributed by atoms with Crippen LogP contribution in [-0.2, 0) is 0 Å². The van der Waals surface area contributed by atoms with Crippen molar-refractivity contribution in [2.24, 2.45) is 0 Å². The Balaban J connectivity index is 2.14. The molecule has 1 heterocycles. The van der Waals surface area contributed by atoms with Gasteiger partial charge in [0, 0.05) is 24.8 Å². The summed E-state index contributed by atoms with van der Waals surface area (Å²) >= 11 is 0. The highest BCUT2D eigenvalue weighted by Crippen LogP contribution is 2.21. The minimum absolute atomic E-state index is 0.667. The second kappa shape index (κ2) is 5.35. The number of hydrogen-bond donors (Lipinski definition) is 1. The number of nitrogens with zero attached hydrogens (tertiary/aromatic N) is 1. The molecule has 0 spiro atoms. The molecule has 2 heteroatoms. The topological polar surface area (TPSA) is 15.3 Å². The maximum absolute atomic E-state index is 3.49. The number of likely N-dealkylation sites (N-methyl/N-ethyl adjacent to an activating group) is 1. The van der Waals surface area contributed by atoms with Gasteiger partial charge in [-0.25, -0.2) is 0 Å². The fourth-order valence-corrected chi connectivity index (χ4v) is 2.56. The molecule has 0 amide bonds. The molecular formula is C14H22N2. The molecule has 0 bridgehead atoms. The van der Waals surface area contributed by atoms with Crippen molar-refractivity contribution in [2.75, 3.05) is 24.5 Å². The van der Waals surface area contributed by atoms with E-state index in [2.05, 4.69) is 48.3 Å². The fourth-order valence-electron chi connectivity index (χ4n) is 2.56. The van der Waals surface area contributed by atoms with Crippen LogP contribution >= 0.6 is 0 Å². The molecule has 1 aromatic carbocycles. The predicted molar refractivity (Wildman–Crippen MR) is 70.1 cm³/mol. The highest BCUT2D eigenvalue weighted by molar-refractivity contribution is 5.49. The van der Waals surface area contributed by atoms with Crippen LogP contribution in [0.25, 0.3) is 0 Å². The molecule has 1 fully saturated rings. The lowest BCUT2D eigenvalue weighted by atomic mass is 10.0. The van der Waals surface area contributed by atoms with Gasteiger partial charge in [0.15, 0.2) is 0 Å². The zero-order chi connectivity index (χ0) is 11.4. The lowest BCUT2D eigenvalue weighted by molar-refractivity contribution is 0.435. The van der Waals surface area contributed by atoms with Gasteiger partial charge in [-0.2, -0.15) is 0 Å².